The number of sulfone groups is 1. The molecule has 0 saturated carbocycles. The zero-order valence-corrected chi connectivity index (χ0v) is 24.9. The first kappa shape index (κ1) is 32.6. The molecule has 1 aliphatic heterocycles. The molecule has 2 heterocycles. The van der Waals surface area contributed by atoms with Crippen LogP contribution >= 0.6 is 0 Å². The Kier molecular flexibility index (Phi) is 11.1. The highest BCUT2D eigenvalue weighted by molar-refractivity contribution is 7.93. The molecular formula is C29H37FN4O7S. The number of rotatable bonds is 14. The summed E-state index contributed by atoms with van der Waals surface area (Å²) in [5.41, 5.74) is 0.619. The molecule has 3 rings (SSSR count). The lowest BCUT2D eigenvalue weighted by atomic mass is 9.88. The van der Waals surface area contributed by atoms with Gasteiger partial charge >= 0.3 is 0 Å². The number of aryl methyl sites for hydroxylation is 1. The Morgan fingerprint density at radius 2 is 1.88 bits per heavy atom. The van der Waals surface area contributed by atoms with E-state index in [0.29, 0.717) is 24.3 Å². The molecule has 0 radical (unpaired) electrons. The number of hydrogen-bond donors (Lipinski definition) is 3. The van der Waals surface area contributed by atoms with Gasteiger partial charge in [-0.1, -0.05) is 37.2 Å². The quantitative estimate of drug-likeness (QED) is 0.296. The minimum atomic E-state index is -3.52. The monoisotopic (exact) mass is 604 g/mol. The van der Waals surface area contributed by atoms with E-state index in [1.807, 2.05) is 0 Å². The van der Waals surface area contributed by atoms with Gasteiger partial charge in [0.25, 0.3) is 5.91 Å². The second kappa shape index (κ2) is 14.3. The molecule has 0 bridgehead atoms. The van der Waals surface area contributed by atoms with E-state index in [-0.39, 0.29) is 36.8 Å². The molecule has 11 nitrogen and oxygen atoms in total. The number of aromatic nitrogens is 1. The van der Waals surface area contributed by atoms with Gasteiger partial charge in [-0.05, 0) is 49.8 Å². The number of nitrogens with zero attached hydrogens (tertiary/aromatic N) is 1. The molecule has 4 atom stereocenters. The maximum atomic E-state index is 13.6. The molecule has 42 heavy (non-hydrogen) atoms. The largest absolute Gasteiger partial charge is 0.361 e. The summed E-state index contributed by atoms with van der Waals surface area (Å²) in [4.78, 5) is 52.1. The summed E-state index contributed by atoms with van der Waals surface area (Å²) in [5.74, 6) is -3.44. The third-order valence-corrected chi connectivity index (χ3v) is 7.61. The van der Waals surface area contributed by atoms with Gasteiger partial charge < -0.3 is 20.5 Å². The maximum Gasteiger partial charge on any atom is 0.274 e. The molecule has 228 valence electrons. The summed E-state index contributed by atoms with van der Waals surface area (Å²) in [6.45, 7) is 5.62. The Hall–Kier alpha value is -3.87. The highest BCUT2D eigenvalue weighted by Crippen LogP contribution is 2.21. The van der Waals surface area contributed by atoms with Crippen molar-refractivity contribution >= 4 is 33.3 Å². The van der Waals surface area contributed by atoms with Crippen molar-refractivity contribution < 1.29 is 36.5 Å². The first-order chi connectivity index (χ1) is 19.7. The summed E-state index contributed by atoms with van der Waals surface area (Å²) < 4.78 is 42.1. The van der Waals surface area contributed by atoms with E-state index in [1.54, 1.807) is 20.8 Å². The van der Waals surface area contributed by atoms with Crippen LogP contribution < -0.4 is 16.0 Å². The Bertz CT molecular complexity index is 1420. The van der Waals surface area contributed by atoms with Gasteiger partial charge in [0, 0.05) is 48.6 Å². The first-order valence-corrected chi connectivity index (χ1v) is 15.6. The molecule has 0 aliphatic carbocycles. The maximum absolute atomic E-state index is 13.6. The van der Waals surface area contributed by atoms with Crippen molar-refractivity contribution in [2.45, 2.75) is 58.5 Å². The van der Waals surface area contributed by atoms with Gasteiger partial charge in [-0.3, -0.25) is 19.2 Å². The minimum absolute atomic E-state index is 0.0167. The number of amides is 3. The molecule has 1 aliphatic rings. The first-order valence-electron chi connectivity index (χ1n) is 13.7. The van der Waals surface area contributed by atoms with E-state index in [9.17, 15) is 32.0 Å². The second-order valence-corrected chi connectivity index (χ2v) is 12.9. The fourth-order valence-electron chi connectivity index (χ4n) is 4.74. The zero-order valence-electron chi connectivity index (χ0n) is 24.1. The molecule has 0 unspecified atom stereocenters. The third-order valence-electron chi connectivity index (χ3n) is 6.96. The fraction of sp³-hybridized carbons (Fsp3) is 0.483. The van der Waals surface area contributed by atoms with Gasteiger partial charge in [0.1, 0.15) is 11.6 Å². The van der Waals surface area contributed by atoms with Gasteiger partial charge in [-0.15, -0.1) is 0 Å². The van der Waals surface area contributed by atoms with Crippen molar-refractivity contribution in [1.82, 2.24) is 21.1 Å². The van der Waals surface area contributed by atoms with Crippen LogP contribution in [0.25, 0.3) is 0 Å². The van der Waals surface area contributed by atoms with E-state index in [1.165, 1.54) is 36.4 Å². The molecule has 1 aromatic heterocycles. The summed E-state index contributed by atoms with van der Waals surface area (Å²) in [6.07, 6.45) is 2.86. The molecule has 2 aromatic rings. The van der Waals surface area contributed by atoms with E-state index in [2.05, 4.69) is 21.1 Å². The summed E-state index contributed by atoms with van der Waals surface area (Å²) in [6, 6.07) is 5.22. The number of carbonyl (C=O) groups is 4. The zero-order chi connectivity index (χ0) is 31.0. The van der Waals surface area contributed by atoms with Crippen molar-refractivity contribution in [2.75, 3.05) is 12.8 Å². The van der Waals surface area contributed by atoms with Crippen LogP contribution in [-0.4, -0.2) is 62.0 Å². The van der Waals surface area contributed by atoms with Gasteiger partial charge in [0.15, 0.2) is 21.3 Å². The van der Waals surface area contributed by atoms with Crippen LogP contribution in [-0.2, 0) is 30.6 Å². The number of halogens is 1. The normalized spacial score (nSPS) is 17.6. The standard InChI is InChI=1S/C29H37FN4O7S/c1-17(2)26(33-29(38)24-13-18(3)41-34-24)25(35)16-21(14-19-5-7-22(30)8-6-19)28(37)32-23(10-12-42(4,39)40)15-20-9-11-31-27(20)36/h5-8,10,12-13,17,20-21,23,26H,9,11,14-16H2,1-4H3,(H,31,36)(H,32,37)(H,33,38)/b12-10+/t20-,21+,23+,26-/m0/s1. The highest BCUT2D eigenvalue weighted by atomic mass is 32.2. The Morgan fingerprint density at radius 1 is 1.19 bits per heavy atom. The fourth-order valence-corrected chi connectivity index (χ4v) is 5.22. The lowest BCUT2D eigenvalue weighted by Gasteiger charge is -2.25. The lowest BCUT2D eigenvalue weighted by Crippen LogP contribution is -2.47. The number of hydrogen-bond acceptors (Lipinski definition) is 8. The van der Waals surface area contributed by atoms with Crippen molar-refractivity contribution in [1.29, 1.82) is 0 Å². The summed E-state index contributed by atoms with van der Waals surface area (Å²) >= 11 is 0. The molecular weight excluding hydrogens is 567 g/mol. The summed E-state index contributed by atoms with van der Waals surface area (Å²) in [7, 11) is -3.52. The van der Waals surface area contributed by atoms with Crippen LogP contribution in [0.3, 0.4) is 0 Å². The van der Waals surface area contributed by atoms with Crippen molar-refractivity contribution in [3.8, 4) is 0 Å². The third kappa shape index (κ3) is 9.89. The molecule has 1 fully saturated rings. The second-order valence-electron chi connectivity index (χ2n) is 11.0. The van der Waals surface area contributed by atoms with Gasteiger partial charge in [0.2, 0.25) is 11.8 Å². The number of Topliss-reactive ketones (excluding diaryl/α,β-unsaturated/α-hetero) is 1. The van der Waals surface area contributed by atoms with E-state index < -0.39 is 57.2 Å². The Morgan fingerprint density at radius 3 is 2.43 bits per heavy atom. The molecule has 1 saturated heterocycles. The van der Waals surface area contributed by atoms with Crippen LogP contribution in [0.15, 0.2) is 46.3 Å². The van der Waals surface area contributed by atoms with Crippen molar-refractivity contribution in [2.24, 2.45) is 17.8 Å². The number of carbonyl (C=O) groups excluding carboxylic acids is 4. The number of benzene rings is 1. The predicted octanol–water partition coefficient (Wildman–Crippen LogP) is 2.26. The van der Waals surface area contributed by atoms with Crippen LogP contribution in [0, 0.1) is 30.5 Å². The molecule has 3 N–H and O–H groups in total. The Balaban J connectivity index is 1.84. The number of ketones is 1. The molecule has 0 spiro atoms. The van der Waals surface area contributed by atoms with Gasteiger partial charge in [0.05, 0.1) is 6.04 Å². The topological polar surface area (TPSA) is 165 Å². The molecule has 13 heteroatoms. The lowest BCUT2D eigenvalue weighted by molar-refractivity contribution is -0.131. The average Bonchev–Trinajstić information content (AvgIpc) is 3.53. The summed E-state index contributed by atoms with van der Waals surface area (Å²) in [5, 5.41) is 12.9. The van der Waals surface area contributed by atoms with Crippen molar-refractivity contribution in [3.63, 3.8) is 0 Å². The predicted molar refractivity (Wildman–Crippen MR) is 152 cm³/mol. The molecule has 3 amide bonds. The average molecular weight is 605 g/mol. The van der Waals surface area contributed by atoms with E-state index in [4.69, 9.17) is 4.52 Å². The minimum Gasteiger partial charge on any atom is -0.361 e. The van der Waals surface area contributed by atoms with E-state index in [0.717, 1.165) is 11.7 Å². The van der Waals surface area contributed by atoms with Crippen LogP contribution in [0.1, 0.15) is 54.9 Å². The van der Waals surface area contributed by atoms with E-state index >= 15 is 0 Å². The molecule has 1 aromatic carbocycles. The highest BCUT2D eigenvalue weighted by Gasteiger charge is 2.32. The van der Waals surface area contributed by atoms with Crippen LogP contribution in [0.5, 0.6) is 0 Å². The van der Waals surface area contributed by atoms with Gasteiger partial charge in [-0.2, -0.15) is 0 Å². The van der Waals surface area contributed by atoms with Crippen LogP contribution in [0.2, 0.25) is 0 Å². The number of nitrogens with one attached hydrogen (secondary N) is 3. The Labute approximate surface area is 244 Å². The van der Waals surface area contributed by atoms with Gasteiger partial charge in [-0.25, -0.2) is 12.8 Å². The van der Waals surface area contributed by atoms with Crippen molar-refractivity contribution in [3.05, 3.63) is 64.7 Å². The van der Waals surface area contributed by atoms with Crippen LogP contribution in [0.4, 0.5) is 4.39 Å². The SMILES string of the molecule is Cc1cc(C(=O)N[C@H](C(=O)C[C@@H](Cc2ccc(F)cc2)C(=O)N[C@H](/C=C/S(C)(=O)=O)C[C@@H]2CCNC2=O)C(C)C)no1. The smallest absolute Gasteiger partial charge is 0.274 e.